The van der Waals surface area contributed by atoms with E-state index in [2.05, 4.69) is 10.1 Å². The minimum Gasteiger partial charge on any atom is -0.381 e. The van der Waals surface area contributed by atoms with Gasteiger partial charge in [0.15, 0.2) is 5.82 Å². The van der Waals surface area contributed by atoms with E-state index in [0.29, 0.717) is 25.0 Å². The number of rotatable bonds is 2. The molecule has 2 N–H and O–H groups in total. The molecule has 1 aromatic heterocycles. The first-order valence-electron chi connectivity index (χ1n) is 7.99. The summed E-state index contributed by atoms with van der Waals surface area (Å²) in [5, 5.41) is 4.23. The Kier molecular flexibility index (Phi) is 4.36. The normalized spacial score (nSPS) is 25.1. The summed E-state index contributed by atoms with van der Waals surface area (Å²) in [4.78, 5) is 4.64. The molecule has 0 atom stereocenters. The van der Waals surface area contributed by atoms with Crippen LogP contribution in [0, 0.1) is 0 Å². The average Bonchev–Trinajstić information content (AvgIpc) is 2.89. The summed E-state index contributed by atoms with van der Waals surface area (Å²) < 4.78 is 10.9. The van der Waals surface area contributed by atoms with Gasteiger partial charge in [-0.15, -0.1) is 0 Å². The molecule has 0 bridgehead atoms. The molecule has 0 aromatic carbocycles. The maximum absolute atomic E-state index is 6.40. The molecule has 2 heterocycles. The molecule has 112 valence electrons. The van der Waals surface area contributed by atoms with Gasteiger partial charge >= 0.3 is 0 Å². The third-order valence-electron chi connectivity index (χ3n) is 4.72. The maximum atomic E-state index is 6.40. The van der Waals surface area contributed by atoms with Crippen LogP contribution in [0.25, 0.3) is 0 Å². The highest BCUT2D eigenvalue weighted by atomic mass is 16.5. The Hall–Kier alpha value is -0.940. The fraction of sp³-hybridized carbons (Fsp3) is 0.867. The highest BCUT2D eigenvalue weighted by molar-refractivity contribution is 5.06. The second-order valence-electron chi connectivity index (χ2n) is 6.27. The van der Waals surface area contributed by atoms with Gasteiger partial charge in [-0.25, -0.2) is 0 Å². The molecule has 3 rings (SSSR count). The molecule has 1 aliphatic carbocycles. The van der Waals surface area contributed by atoms with E-state index in [1.54, 1.807) is 0 Å². The molecular formula is C15H25N3O2. The molecule has 1 aromatic rings. The van der Waals surface area contributed by atoms with Gasteiger partial charge in [-0.1, -0.05) is 37.3 Å². The molecule has 1 aliphatic heterocycles. The first-order chi connectivity index (χ1) is 9.78. The Morgan fingerprint density at radius 1 is 1.00 bits per heavy atom. The topological polar surface area (TPSA) is 74.2 Å². The van der Waals surface area contributed by atoms with Crippen LogP contribution in [0.3, 0.4) is 0 Å². The van der Waals surface area contributed by atoms with Crippen LogP contribution in [-0.2, 0) is 10.3 Å². The molecule has 1 saturated carbocycles. The molecule has 1 saturated heterocycles. The Balaban J connectivity index is 1.71. The van der Waals surface area contributed by atoms with E-state index in [4.69, 9.17) is 15.0 Å². The lowest BCUT2D eigenvalue weighted by Crippen LogP contribution is -2.42. The molecule has 20 heavy (non-hydrogen) atoms. The van der Waals surface area contributed by atoms with Gasteiger partial charge < -0.3 is 15.0 Å². The SMILES string of the molecule is NC1(c2nc(C3CCCCCCC3)no2)CCOCC1. The van der Waals surface area contributed by atoms with Crippen molar-refractivity contribution in [2.24, 2.45) is 5.73 Å². The van der Waals surface area contributed by atoms with Crippen molar-refractivity contribution < 1.29 is 9.26 Å². The van der Waals surface area contributed by atoms with Gasteiger partial charge in [-0.2, -0.15) is 4.98 Å². The lowest BCUT2D eigenvalue weighted by molar-refractivity contribution is 0.0400. The fourth-order valence-electron chi connectivity index (χ4n) is 3.27. The van der Waals surface area contributed by atoms with E-state index in [1.165, 1.54) is 44.9 Å². The third-order valence-corrected chi connectivity index (χ3v) is 4.72. The zero-order chi connectivity index (χ0) is 13.8. The third kappa shape index (κ3) is 3.04. The summed E-state index contributed by atoms with van der Waals surface area (Å²) in [5.74, 6) is 1.94. The lowest BCUT2D eigenvalue weighted by Gasteiger charge is -2.29. The van der Waals surface area contributed by atoms with Crippen LogP contribution in [-0.4, -0.2) is 23.4 Å². The molecular weight excluding hydrogens is 254 g/mol. The van der Waals surface area contributed by atoms with E-state index in [9.17, 15) is 0 Å². The molecule has 0 unspecified atom stereocenters. The van der Waals surface area contributed by atoms with Gasteiger partial charge in [0.05, 0.1) is 0 Å². The lowest BCUT2D eigenvalue weighted by atomic mass is 9.90. The van der Waals surface area contributed by atoms with Crippen LogP contribution >= 0.6 is 0 Å². The molecule has 0 amide bonds. The number of nitrogens with zero attached hydrogens (tertiary/aromatic N) is 2. The second kappa shape index (κ2) is 6.22. The molecule has 0 radical (unpaired) electrons. The van der Waals surface area contributed by atoms with Crippen LogP contribution in [0.2, 0.25) is 0 Å². The van der Waals surface area contributed by atoms with Gasteiger partial charge in [0.25, 0.3) is 0 Å². The predicted octanol–water partition coefficient (Wildman–Crippen LogP) is 2.86. The number of nitrogens with two attached hydrogens (primary N) is 1. The van der Waals surface area contributed by atoms with Crippen molar-refractivity contribution in [3.63, 3.8) is 0 Å². The monoisotopic (exact) mass is 279 g/mol. The first kappa shape index (κ1) is 14.0. The Morgan fingerprint density at radius 2 is 1.65 bits per heavy atom. The van der Waals surface area contributed by atoms with Crippen molar-refractivity contribution >= 4 is 0 Å². The molecule has 2 fully saturated rings. The van der Waals surface area contributed by atoms with Crippen molar-refractivity contribution in [1.82, 2.24) is 10.1 Å². The van der Waals surface area contributed by atoms with Crippen LogP contribution in [0.1, 0.15) is 75.4 Å². The van der Waals surface area contributed by atoms with Gasteiger partial charge in [-0.3, -0.25) is 0 Å². The van der Waals surface area contributed by atoms with Crippen molar-refractivity contribution in [1.29, 1.82) is 0 Å². The highest BCUT2D eigenvalue weighted by Crippen LogP contribution is 2.32. The summed E-state index contributed by atoms with van der Waals surface area (Å²) in [5.41, 5.74) is 5.92. The van der Waals surface area contributed by atoms with Gasteiger partial charge in [-0.05, 0) is 25.7 Å². The second-order valence-corrected chi connectivity index (χ2v) is 6.27. The van der Waals surface area contributed by atoms with Crippen molar-refractivity contribution in [3.8, 4) is 0 Å². The zero-order valence-corrected chi connectivity index (χ0v) is 12.1. The van der Waals surface area contributed by atoms with Crippen LogP contribution in [0.5, 0.6) is 0 Å². The Labute approximate surface area is 120 Å². The van der Waals surface area contributed by atoms with Crippen molar-refractivity contribution in [2.75, 3.05) is 13.2 Å². The summed E-state index contributed by atoms with van der Waals surface area (Å²) >= 11 is 0. The van der Waals surface area contributed by atoms with Gasteiger partial charge in [0, 0.05) is 19.1 Å². The molecule has 2 aliphatic rings. The van der Waals surface area contributed by atoms with E-state index >= 15 is 0 Å². The maximum Gasteiger partial charge on any atom is 0.246 e. The standard InChI is InChI=1S/C15H25N3O2/c16-15(8-10-19-11-9-15)14-17-13(18-20-14)12-6-4-2-1-3-5-7-12/h12H,1-11,16H2. The number of hydrogen-bond acceptors (Lipinski definition) is 5. The number of aromatic nitrogens is 2. The van der Waals surface area contributed by atoms with Crippen LogP contribution in [0.4, 0.5) is 0 Å². The van der Waals surface area contributed by atoms with Crippen LogP contribution in [0.15, 0.2) is 4.52 Å². The van der Waals surface area contributed by atoms with Crippen molar-refractivity contribution in [2.45, 2.75) is 69.2 Å². The molecule has 5 nitrogen and oxygen atoms in total. The summed E-state index contributed by atoms with van der Waals surface area (Å²) in [6.07, 6.45) is 10.5. The average molecular weight is 279 g/mol. The van der Waals surface area contributed by atoms with E-state index < -0.39 is 5.54 Å². The number of ether oxygens (including phenoxy) is 1. The highest BCUT2D eigenvalue weighted by Gasteiger charge is 2.36. The quantitative estimate of drug-likeness (QED) is 0.901. The zero-order valence-electron chi connectivity index (χ0n) is 12.1. The summed E-state index contributed by atoms with van der Waals surface area (Å²) in [6.45, 7) is 1.36. The van der Waals surface area contributed by atoms with Crippen LogP contribution < -0.4 is 5.73 Å². The smallest absolute Gasteiger partial charge is 0.246 e. The predicted molar refractivity (Wildman–Crippen MR) is 75.3 cm³/mol. The number of hydrogen-bond donors (Lipinski definition) is 1. The Morgan fingerprint density at radius 3 is 2.35 bits per heavy atom. The molecule has 0 spiro atoms. The minimum atomic E-state index is -0.481. The summed E-state index contributed by atoms with van der Waals surface area (Å²) in [6, 6.07) is 0. The molecule has 5 heteroatoms. The first-order valence-corrected chi connectivity index (χ1v) is 7.99. The minimum absolute atomic E-state index is 0.455. The summed E-state index contributed by atoms with van der Waals surface area (Å²) in [7, 11) is 0. The van der Waals surface area contributed by atoms with E-state index in [1.807, 2.05) is 0 Å². The van der Waals surface area contributed by atoms with Gasteiger partial charge in [0.1, 0.15) is 5.54 Å². The van der Waals surface area contributed by atoms with E-state index in [-0.39, 0.29) is 0 Å². The van der Waals surface area contributed by atoms with Gasteiger partial charge in [0.2, 0.25) is 5.89 Å². The fourth-order valence-corrected chi connectivity index (χ4v) is 3.27. The Bertz CT molecular complexity index is 419. The van der Waals surface area contributed by atoms with Crippen molar-refractivity contribution in [3.05, 3.63) is 11.7 Å². The largest absolute Gasteiger partial charge is 0.381 e. The van der Waals surface area contributed by atoms with E-state index in [0.717, 1.165) is 18.7 Å².